The van der Waals surface area contributed by atoms with Crippen molar-refractivity contribution in [2.45, 2.75) is 6.42 Å². The van der Waals surface area contributed by atoms with Crippen molar-refractivity contribution in [3.05, 3.63) is 47.8 Å². The zero-order chi connectivity index (χ0) is 17.5. The fraction of sp³-hybridized carbons (Fsp3) is 0.389. The lowest BCUT2D eigenvalue weighted by molar-refractivity contribution is 0.0299. The van der Waals surface area contributed by atoms with E-state index in [-0.39, 0.29) is 5.91 Å². The third-order valence-corrected chi connectivity index (χ3v) is 4.04. The van der Waals surface area contributed by atoms with Crippen LogP contribution in [-0.2, 0) is 11.2 Å². The highest BCUT2D eigenvalue weighted by atomic mass is 16.5. The summed E-state index contributed by atoms with van der Waals surface area (Å²) in [7, 11) is 1.66. The van der Waals surface area contributed by atoms with Crippen LogP contribution in [0.3, 0.4) is 0 Å². The molecule has 0 spiro atoms. The number of benzene rings is 1. The smallest absolute Gasteiger partial charge is 0.272 e. The molecule has 0 atom stereocenters. The number of aromatic nitrogens is 2. The van der Waals surface area contributed by atoms with Crippen LogP contribution in [0, 0.1) is 0 Å². The Morgan fingerprint density at radius 3 is 2.88 bits per heavy atom. The summed E-state index contributed by atoms with van der Waals surface area (Å²) in [5.74, 6) is 1.23. The normalized spacial score (nSPS) is 14.2. The molecule has 0 unspecified atom stereocenters. The van der Waals surface area contributed by atoms with Gasteiger partial charge in [-0.2, -0.15) is 0 Å². The van der Waals surface area contributed by atoms with Gasteiger partial charge >= 0.3 is 0 Å². The quantitative estimate of drug-likeness (QED) is 0.859. The van der Waals surface area contributed by atoms with Crippen LogP contribution < -0.4 is 10.1 Å². The second-order valence-electron chi connectivity index (χ2n) is 5.66. The van der Waals surface area contributed by atoms with Crippen molar-refractivity contribution in [1.29, 1.82) is 0 Å². The van der Waals surface area contributed by atoms with Crippen molar-refractivity contribution < 1.29 is 14.3 Å². The summed E-state index contributed by atoms with van der Waals surface area (Å²) < 4.78 is 10.6. The lowest BCUT2D eigenvalue weighted by Gasteiger charge is -2.26. The Morgan fingerprint density at radius 1 is 1.28 bits per heavy atom. The summed E-state index contributed by atoms with van der Waals surface area (Å²) in [5, 5.41) is 3.17. The highest BCUT2D eigenvalue weighted by Gasteiger charge is 2.19. The summed E-state index contributed by atoms with van der Waals surface area (Å²) >= 11 is 0. The highest BCUT2D eigenvalue weighted by molar-refractivity contribution is 5.92. The van der Waals surface area contributed by atoms with Gasteiger partial charge in [-0.15, -0.1) is 0 Å². The molecule has 25 heavy (non-hydrogen) atoms. The molecule has 2 heterocycles. The van der Waals surface area contributed by atoms with E-state index in [0.29, 0.717) is 44.5 Å². The molecule has 7 heteroatoms. The number of morpholine rings is 1. The van der Waals surface area contributed by atoms with Gasteiger partial charge in [-0.25, -0.2) is 9.97 Å². The van der Waals surface area contributed by atoms with E-state index in [0.717, 1.165) is 17.7 Å². The zero-order valence-corrected chi connectivity index (χ0v) is 14.3. The van der Waals surface area contributed by atoms with E-state index in [1.807, 2.05) is 24.3 Å². The molecule has 132 valence electrons. The molecule has 2 aromatic rings. The van der Waals surface area contributed by atoms with Gasteiger partial charge in [0.2, 0.25) is 5.95 Å². The first-order chi connectivity index (χ1) is 12.3. The number of carbonyl (C=O) groups excluding carboxylic acids is 1. The molecule has 1 aromatic carbocycles. The molecule has 1 fully saturated rings. The van der Waals surface area contributed by atoms with Gasteiger partial charge in [0.25, 0.3) is 5.91 Å². The topological polar surface area (TPSA) is 76.6 Å². The van der Waals surface area contributed by atoms with Crippen LogP contribution in [0.25, 0.3) is 0 Å². The molecule has 0 bridgehead atoms. The van der Waals surface area contributed by atoms with E-state index in [2.05, 4.69) is 15.3 Å². The van der Waals surface area contributed by atoms with E-state index in [9.17, 15) is 4.79 Å². The fourth-order valence-corrected chi connectivity index (χ4v) is 2.71. The number of hydrogen-bond acceptors (Lipinski definition) is 6. The Bertz CT molecular complexity index is 717. The van der Waals surface area contributed by atoms with Crippen molar-refractivity contribution in [2.24, 2.45) is 0 Å². The number of anilines is 1. The minimum atomic E-state index is -0.0847. The number of rotatable bonds is 6. The number of nitrogens with zero attached hydrogens (tertiary/aromatic N) is 3. The van der Waals surface area contributed by atoms with Crippen molar-refractivity contribution in [3.63, 3.8) is 0 Å². The lowest BCUT2D eigenvalue weighted by Crippen LogP contribution is -2.41. The maximum Gasteiger partial charge on any atom is 0.272 e. The van der Waals surface area contributed by atoms with Gasteiger partial charge in [0.15, 0.2) is 0 Å². The molecule has 7 nitrogen and oxygen atoms in total. The summed E-state index contributed by atoms with van der Waals surface area (Å²) in [5.41, 5.74) is 1.51. The predicted molar refractivity (Wildman–Crippen MR) is 93.9 cm³/mol. The van der Waals surface area contributed by atoms with Crippen LogP contribution in [-0.4, -0.2) is 60.7 Å². The predicted octanol–water partition coefficient (Wildman–Crippen LogP) is 1.61. The Morgan fingerprint density at radius 2 is 2.08 bits per heavy atom. The number of carbonyl (C=O) groups is 1. The van der Waals surface area contributed by atoms with E-state index in [1.54, 1.807) is 24.3 Å². The second kappa shape index (κ2) is 8.43. The molecule has 1 N–H and O–H groups in total. The fourth-order valence-electron chi connectivity index (χ4n) is 2.71. The monoisotopic (exact) mass is 342 g/mol. The van der Waals surface area contributed by atoms with Crippen LogP contribution in [0.4, 0.5) is 5.95 Å². The van der Waals surface area contributed by atoms with E-state index < -0.39 is 0 Å². The number of methoxy groups -OCH3 is 1. The maximum absolute atomic E-state index is 12.5. The lowest BCUT2D eigenvalue weighted by atomic mass is 10.1. The number of amides is 1. The van der Waals surface area contributed by atoms with Crippen molar-refractivity contribution in [2.75, 3.05) is 45.3 Å². The van der Waals surface area contributed by atoms with E-state index in [4.69, 9.17) is 9.47 Å². The average Bonchev–Trinajstić information content (AvgIpc) is 2.69. The summed E-state index contributed by atoms with van der Waals surface area (Å²) in [6.07, 6.45) is 2.38. The molecule has 1 saturated heterocycles. The second-order valence-corrected chi connectivity index (χ2v) is 5.66. The standard InChI is InChI=1S/C18H22N4O3/c1-24-16-5-3-2-4-14(16)6-8-19-18-20-9-7-15(21-18)17(23)22-10-12-25-13-11-22/h2-5,7,9H,6,8,10-13H2,1H3,(H,19,20,21). The average molecular weight is 342 g/mol. The van der Waals surface area contributed by atoms with Gasteiger partial charge in [0, 0.05) is 25.8 Å². The van der Waals surface area contributed by atoms with Gasteiger partial charge in [-0.3, -0.25) is 4.79 Å². The van der Waals surface area contributed by atoms with Gasteiger partial charge < -0.3 is 19.7 Å². The summed E-state index contributed by atoms with van der Waals surface area (Å²) in [6.45, 7) is 2.98. The van der Waals surface area contributed by atoms with Crippen LogP contribution in [0.2, 0.25) is 0 Å². The van der Waals surface area contributed by atoms with Gasteiger partial charge in [-0.05, 0) is 24.1 Å². The molecular formula is C18H22N4O3. The number of nitrogens with one attached hydrogen (secondary N) is 1. The molecule has 0 saturated carbocycles. The largest absolute Gasteiger partial charge is 0.496 e. The third-order valence-electron chi connectivity index (χ3n) is 4.04. The summed E-state index contributed by atoms with van der Waals surface area (Å²) in [6, 6.07) is 9.53. The van der Waals surface area contributed by atoms with Gasteiger partial charge in [-0.1, -0.05) is 18.2 Å². The first kappa shape index (κ1) is 17.2. The van der Waals surface area contributed by atoms with Crippen LogP contribution in [0.15, 0.2) is 36.5 Å². The van der Waals surface area contributed by atoms with E-state index in [1.165, 1.54) is 0 Å². The van der Waals surface area contributed by atoms with Gasteiger partial charge in [0.1, 0.15) is 11.4 Å². The van der Waals surface area contributed by atoms with Crippen molar-refractivity contribution in [3.8, 4) is 5.75 Å². The first-order valence-electron chi connectivity index (χ1n) is 8.34. The molecule has 1 aliphatic heterocycles. The SMILES string of the molecule is COc1ccccc1CCNc1nccc(C(=O)N2CCOCC2)n1. The summed E-state index contributed by atoms with van der Waals surface area (Å²) in [4.78, 5) is 22.7. The number of ether oxygens (including phenoxy) is 2. The van der Waals surface area contributed by atoms with Crippen molar-refractivity contribution >= 4 is 11.9 Å². The Hall–Kier alpha value is -2.67. The van der Waals surface area contributed by atoms with Gasteiger partial charge in [0.05, 0.1) is 20.3 Å². The van der Waals surface area contributed by atoms with Crippen LogP contribution in [0.1, 0.15) is 16.1 Å². The maximum atomic E-state index is 12.5. The Balaban J connectivity index is 1.59. The van der Waals surface area contributed by atoms with E-state index >= 15 is 0 Å². The van der Waals surface area contributed by atoms with Crippen LogP contribution in [0.5, 0.6) is 5.75 Å². The minimum absolute atomic E-state index is 0.0847. The highest BCUT2D eigenvalue weighted by Crippen LogP contribution is 2.17. The first-order valence-corrected chi connectivity index (χ1v) is 8.34. The Labute approximate surface area is 147 Å². The van der Waals surface area contributed by atoms with Crippen LogP contribution >= 0.6 is 0 Å². The molecular weight excluding hydrogens is 320 g/mol. The minimum Gasteiger partial charge on any atom is -0.496 e. The number of para-hydroxylation sites is 1. The van der Waals surface area contributed by atoms with Crippen molar-refractivity contribution in [1.82, 2.24) is 14.9 Å². The number of hydrogen-bond donors (Lipinski definition) is 1. The Kier molecular flexibility index (Phi) is 5.79. The zero-order valence-electron chi connectivity index (χ0n) is 14.3. The molecule has 0 aliphatic carbocycles. The molecule has 1 aliphatic rings. The third kappa shape index (κ3) is 4.45. The molecule has 3 rings (SSSR count). The molecule has 1 aromatic heterocycles. The molecule has 0 radical (unpaired) electrons. The molecule has 1 amide bonds.